The van der Waals surface area contributed by atoms with Gasteiger partial charge < -0.3 is 9.47 Å². The average Bonchev–Trinajstić information content (AvgIpc) is 2.80. The van der Waals surface area contributed by atoms with Gasteiger partial charge in [-0.1, -0.05) is 23.8 Å². The Kier molecular flexibility index (Phi) is 6.23. The van der Waals surface area contributed by atoms with Crippen LogP contribution in [0.1, 0.15) is 31.8 Å². The predicted molar refractivity (Wildman–Crippen MR) is 123 cm³/mol. The summed E-state index contributed by atoms with van der Waals surface area (Å²) in [7, 11) is 1.58. The van der Waals surface area contributed by atoms with Crippen molar-refractivity contribution in [3.8, 4) is 11.5 Å². The van der Waals surface area contributed by atoms with E-state index in [1.54, 1.807) is 49.2 Å². The fraction of sp³-hybridized carbons (Fsp3) is 0.154. The smallest absolute Gasteiger partial charge is 0.200 e. The Bertz CT molecular complexity index is 1160. The molecule has 0 unspecified atom stereocenters. The van der Waals surface area contributed by atoms with Crippen molar-refractivity contribution >= 4 is 29.4 Å². The molecule has 3 aromatic rings. The van der Waals surface area contributed by atoms with E-state index < -0.39 is 0 Å². The second-order valence-electron chi connectivity index (χ2n) is 7.30. The molecule has 1 heterocycles. The van der Waals surface area contributed by atoms with E-state index in [1.165, 1.54) is 0 Å². The van der Waals surface area contributed by atoms with Crippen molar-refractivity contribution in [3.63, 3.8) is 0 Å². The van der Waals surface area contributed by atoms with Gasteiger partial charge in [0, 0.05) is 27.3 Å². The van der Waals surface area contributed by atoms with Gasteiger partial charge in [0.05, 0.1) is 7.11 Å². The Labute approximate surface area is 185 Å². The number of hydrogen-bond acceptors (Lipinski definition) is 5. The van der Waals surface area contributed by atoms with Gasteiger partial charge in [0.15, 0.2) is 18.2 Å². The van der Waals surface area contributed by atoms with Gasteiger partial charge in [-0.3, -0.25) is 9.59 Å². The molecule has 5 heteroatoms. The van der Waals surface area contributed by atoms with Crippen LogP contribution in [0.5, 0.6) is 11.5 Å². The van der Waals surface area contributed by atoms with Crippen LogP contribution in [-0.4, -0.2) is 31.0 Å². The summed E-state index contributed by atoms with van der Waals surface area (Å²) in [4.78, 5) is 26.3. The van der Waals surface area contributed by atoms with Crippen molar-refractivity contribution in [1.29, 1.82) is 0 Å². The molecule has 0 aliphatic carbocycles. The van der Waals surface area contributed by atoms with Crippen LogP contribution < -0.4 is 9.47 Å². The summed E-state index contributed by atoms with van der Waals surface area (Å²) in [6, 6.07) is 20.4. The maximum absolute atomic E-state index is 12.9. The number of aryl methyl sites for hydroxylation is 1. The van der Waals surface area contributed by atoms with Crippen LogP contribution in [0.4, 0.5) is 0 Å². The Hall–Kier alpha value is -3.31. The highest BCUT2D eigenvalue weighted by Crippen LogP contribution is 2.34. The van der Waals surface area contributed by atoms with E-state index in [-0.39, 0.29) is 18.2 Å². The van der Waals surface area contributed by atoms with Gasteiger partial charge in [-0.2, -0.15) is 0 Å². The van der Waals surface area contributed by atoms with Crippen molar-refractivity contribution in [3.05, 3.63) is 94.6 Å². The van der Waals surface area contributed by atoms with E-state index in [4.69, 9.17) is 9.47 Å². The number of carbonyl (C=O) groups is 2. The van der Waals surface area contributed by atoms with Gasteiger partial charge >= 0.3 is 0 Å². The zero-order valence-corrected chi connectivity index (χ0v) is 18.2. The van der Waals surface area contributed by atoms with Crippen LogP contribution >= 0.6 is 11.8 Å². The monoisotopic (exact) mass is 430 g/mol. The molecule has 4 nitrogen and oxygen atoms in total. The fourth-order valence-corrected chi connectivity index (χ4v) is 4.35. The number of ketones is 2. The highest BCUT2D eigenvalue weighted by Gasteiger charge is 2.22. The first kappa shape index (κ1) is 20.9. The number of hydrogen-bond donors (Lipinski definition) is 0. The molecule has 0 atom stereocenters. The average molecular weight is 431 g/mol. The number of rotatable bonds is 6. The topological polar surface area (TPSA) is 52.6 Å². The number of methoxy groups -OCH3 is 1. The van der Waals surface area contributed by atoms with Gasteiger partial charge in [-0.25, -0.2) is 0 Å². The van der Waals surface area contributed by atoms with E-state index in [1.807, 2.05) is 49.4 Å². The first-order valence-electron chi connectivity index (χ1n) is 9.92. The lowest BCUT2D eigenvalue weighted by molar-refractivity contribution is 0.0921. The van der Waals surface area contributed by atoms with Crippen molar-refractivity contribution in [2.24, 2.45) is 0 Å². The summed E-state index contributed by atoms with van der Waals surface area (Å²) < 4.78 is 10.8. The molecular formula is C26H22O4S. The van der Waals surface area contributed by atoms with E-state index >= 15 is 0 Å². The highest BCUT2D eigenvalue weighted by atomic mass is 32.2. The summed E-state index contributed by atoms with van der Waals surface area (Å²) in [6.07, 6.45) is 1.90. The molecule has 1 aliphatic heterocycles. The van der Waals surface area contributed by atoms with Gasteiger partial charge in [-0.15, -0.1) is 11.8 Å². The highest BCUT2D eigenvalue weighted by molar-refractivity contribution is 7.99. The van der Waals surface area contributed by atoms with Gasteiger partial charge in [0.2, 0.25) is 0 Å². The van der Waals surface area contributed by atoms with Crippen LogP contribution in [-0.2, 0) is 0 Å². The molecule has 1 aliphatic rings. The van der Waals surface area contributed by atoms with Crippen molar-refractivity contribution in [1.82, 2.24) is 0 Å². The second kappa shape index (κ2) is 9.23. The Balaban J connectivity index is 1.46. The third-order valence-corrected chi connectivity index (χ3v) is 6.16. The number of benzene rings is 3. The summed E-state index contributed by atoms with van der Waals surface area (Å²) in [5, 5.41) is 0. The van der Waals surface area contributed by atoms with Crippen LogP contribution in [0.2, 0.25) is 0 Å². The summed E-state index contributed by atoms with van der Waals surface area (Å²) >= 11 is 1.67. The molecule has 31 heavy (non-hydrogen) atoms. The fourth-order valence-electron chi connectivity index (χ4n) is 3.35. The molecule has 0 spiro atoms. The van der Waals surface area contributed by atoms with Gasteiger partial charge in [-0.05, 0) is 67.1 Å². The molecule has 4 rings (SSSR count). The van der Waals surface area contributed by atoms with Crippen molar-refractivity contribution < 1.29 is 19.1 Å². The Morgan fingerprint density at radius 2 is 1.84 bits per heavy atom. The van der Waals surface area contributed by atoms with Crippen molar-refractivity contribution in [2.45, 2.75) is 11.8 Å². The normalized spacial score (nSPS) is 14.3. The molecule has 0 fully saturated rings. The molecule has 0 aromatic heterocycles. The lowest BCUT2D eigenvalue weighted by atomic mass is 10.00. The number of fused-ring (bicyclic) bond motifs is 1. The van der Waals surface area contributed by atoms with E-state index in [0.717, 1.165) is 27.2 Å². The maximum Gasteiger partial charge on any atom is 0.200 e. The SMILES string of the molecule is COc1ccc(C(=O)COc2cccc(/C=C3\CSc4ccc(C)cc4C3=O)c2)cc1. The summed E-state index contributed by atoms with van der Waals surface area (Å²) in [5.74, 6) is 1.88. The number of thioether (sulfide) groups is 1. The minimum atomic E-state index is -0.114. The van der Waals surface area contributed by atoms with E-state index in [2.05, 4.69) is 0 Å². The molecular weight excluding hydrogens is 408 g/mol. The summed E-state index contributed by atoms with van der Waals surface area (Å²) in [6.45, 7) is 1.93. The molecule has 156 valence electrons. The van der Waals surface area contributed by atoms with Gasteiger partial charge in [0.1, 0.15) is 11.5 Å². The zero-order chi connectivity index (χ0) is 21.8. The molecule has 3 aromatic carbocycles. The first-order valence-corrected chi connectivity index (χ1v) is 10.9. The van der Waals surface area contributed by atoms with Crippen LogP contribution in [0.3, 0.4) is 0 Å². The quantitative estimate of drug-likeness (QED) is 0.374. The molecule has 0 saturated carbocycles. The van der Waals surface area contributed by atoms with Crippen LogP contribution in [0, 0.1) is 6.92 Å². The Morgan fingerprint density at radius 3 is 2.61 bits per heavy atom. The predicted octanol–water partition coefficient (Wildman–Crippen LogP) is 5.64. The zero-order valence-electron chi connectivity index (χ0n) is 17.4. The molecule has 0 radical (unpaired) electrons. The molecule has 0 amide bonds. The van der Waals surface area contributed by atoms with E-state index in [0.29, 0.717) is 22.8 Å². The lowest BCUT2D eigenvalue weighted by Crippen LogP contribution is -2.12. The van der Waals surface area contributed by atoms with Crippen LogP contribution in [0.15, 0.2) is 77.2 Å². The minimum Gasteiger partial charge on any atom is -0.497 e. The maximum atomic E-state index is 12.9. The Morgan fingerprint density at radius 1 is 1.03 bits per heavy atom. The largest absolute Gasteiger partial charge is 0.497 e. The molecule has 0 saturated heterocycles. The minimum absolute atomic E-state index is 0.0617. The second-order valence-corrected chi connectivity index (χ2v) is 8.32. The third-order valence-electron chi connectivity index (χ3n) is 5.04. The first-order chi connectivity index (χ1) is 15.0. The molecule has 0 N–H and O–H groups in total. The number of ether oxygens (including phenoxy) is 2. The number of Topliss-reactive ketones (excluding diaryl/α,β-unsaturated/α-hetero) is 2. The van der Waals surface area contributed by atoms with Crippen LogP contribution in [0.25, 0.3) is 6.08 Å². The van der Waals surface area contributed by atoms with Gasteiger partial charge in [0.25, 0.3) is 0 Å². The third kappa shape index (κ3) is 4.89. The van der Waals surface area contributed by atoms with Crippen molar-refractivity contribution in [2.75, 3.05) is 19.5 Å². The lowest BCUT2D eigenvalue weighted by Gasteiger charge is -2.17. The number of carbonyl (C=O) groups excluding carboxylic acids is 2. The standard InChI is InChI=1S/C26H22O4S/c1-17-6-11-25-23(12-17)26(28)20(16-31-25)13-18-4-3-5-22(14-18)30-15-24(27)19-7-9-21(29-2)10-8-19/h3-14H,15-16H2,1-2H3/b20-13+. The molecule has 0 bridgehead atoms. The summed E-state index contributed by atoms with van der Waals surface area (Å²) in [5.41, 5.74) is 4.03. The van der Waals surface area contributed by atoms with E-state index in [9.17, 15) is 9.59 Å².